The maximum Gasteiger partial charge on any atom is 0.259 e. The van der Waals surface area contributed by atoms with Crippen LogP contribution in [0.2, 0.25) is 0 Å². The van der Waals surface area contributed by atoms with Gasteiger partial charge in [0, 0.05) is 4.88 Å². The Morgan fingerprint density at radius 2 is 2.06 bits per heavy atom. The second-order valence-corrected chi connectivity index (χ2v) is 10.7. The zero-order valence-corrected chi connectivity index (χ0v) is 19.9. The number of benzene rings is 1. The Hall–Kier alpha value is -2.35. The van der Waals surface area contributed by atoms with Crippen molar-refractivity contribution in [2.45, 2.75) is 64.4 Å². The van der Waals surface area contributed by atoms with Crippen molar-refractivity contribution in [3.8, 4) is 6.07 Å². The Kier molecular flexibility index (Phi) is 7.03. The van der Waals surface area contributed by atoms with E-state index < -0.39 is 33.9 Å². The minimum Gasteiger partial charge on any atom is -0.385 e. The van der Waals surface area contributed by atoms with Crippen molar-refractivity contribution in [2.24, 2.45) is 4.36 Å². The molecule has 1 heterocycles. The summed E-state index contributed by atoms with van der Waals surface area (Å²) in [5.74, 6) is -2.18. The number of amides is 1. The third kappa shape index (κ3) is 5.34. The lowest BCUT2D eigenvalue weighted by Gasteiger charge is -2.18. The van der Waals surface area contributed by atoms with E-state index in [1.54, 1.807) is 13.8 Å². The van der Waals surface area contributed by atoms with E-state index in [4.69, 9.17) is 0 Å². The topological polar surface area (TPSA) is 103 Å². The fraction of sp³-hybridized carbons (Fsp3) is 0.455. The quantitative estimate of drug-likeness (QED) is 0.490. The van der Waals surface area contributed by atoms with Crippen molar-refractivity contribution in [1.29, 1.82) is 5.26 Å². The Bertz CT molecular complexity index is 1180. The van der Waals surface area contributed by atoms with Gasteiger partial charge in [-0.05, 0) is 67.3 Å². The van der Waals surface area contributed by atoms with E-state index in [1.807, 2.05) is 6.07 Å². The number of nitrogens with zero attached hydrogens (tertiary/aromatic N) is 2. The van der Waals surface area contributed by atoms with E-state index in [2.05, 4.69) is 9.08 Å². The number of carbonyl (C=O) groups is 1. The second kappa shape index (κ2) is 9.25. The summed E-state index contributed by atoms with van der Waals surface area (Å²) >= 11 is 0.881. The van der Waals surface area contributed by atoms with Crippen LogP contribution in [-0.2, 0) is 27.6 Å². The predicted octanol–water partition coefficient (Wildman–Crippen LogP) is 4.89. The predicted molar refractivity (Wildman–Crippen MR) is 121 cm³/mol. The summed E-state index contributed by atoms with van der Waals surface area (Å²) in [5.41, 5.74) is 0.236. The Balaban J connectivity index is 1.88. The second-order valence-electron chi connectivity index (χ2n) is 8.66. The molecule has 1 saturated carbocycles. The highest BCUT2D eigenvalue weighted by Gasteiger charge is 2.31. The standard InChI is InChI=1S/C22H25F2N3O3S2/c1-11(2)19-15(14(12-5-6-12)7-13(10-25)20(19)24)8-18(28)26-32(30)27-21-16(23)9-17(31-21)22(3,4)29/h7,9,11-12,29,32H,5-6,8H2,1-4H3,(H,26,27,28,30). The Labute approximate surface area is 191 Å². The largest absolute Gasteiger partial charge is 0.385 e. The molecule has 1 aromatic carbocycles. The molecular weight excluding hydrogens is 456 g/mol. The van der Waals surface area contributed by atoms with Crippen molar-refractivity contribution in [3.05, 3.63) is 50.9 Å². The summed E-state index contributed by atoms with van der Waals surface area (Å²) in [6.07, 6.45) is 1.53. The van der Waals surface area contributed by atoms with Crippen LogP contribution in [-0.4, -0.2) is 15.2 Å². The van der Waals surface area contributed by atoms with Gasteiger partial charge in [-0.2, -0.15) is 5.26 Å². The molecule has 0 radical (unpaired) electrons. The summed E-state index contributed by atoms with van der Waals surface area (Å²) in [4.78, 5) is 12.9. The fourth-order valence-electron chi connectivity index (χ4n) is 3.52. The molecule has 1 amide bonds. The number of carbonyl (C=O) groups excluding carboxylic acids is 1. The van der Waals surface area contributed by atoms with Gasteiger partial charge in [-0.15, -0.1) is 15.7 Å². The first kappa shape index (κ1) is 24.3. The highest BCUT2D eigenvalue weighted by molar-refractivity contribution is 7.77. The van der Waals surface area contributed by atoms with Crippen LogP contribution in [0.15, 0.2) is 16.5 Å². The molecule has 10 heteroatoms. The van der Waals surface area contributed by atoms with Gasteiger partial charge in [-0.1, -0.05) is 13.8 Å². The van der Waals surface area contributed by atoms with E-state index in [9.17, 15) is 28.2 Å². The average molecular weight is 482 g/mol. The monoisotopic (exact) mass is 481 g/mol. The minimum absolute atomic E-state index is 0.0488. The van der Waals surface area contributed by atoms with Crippen LogP contribution < -0.4 is 4.72 Å². The van der Waals surface area contributed by atoms with Crippen LogP contribution in [0.25, 0.3) is 0 Å². The van der Waals surface area contributed by atoms with Crippen molar-refractivity contribution in [2.75, 3.05) is 4.72 Å². The van der Waals surface area contributed by atoms with E-state index in [0.717, 1.165) is 35.8 Å². The number of halogens is 2. The SMILES string of the molecule is CC(C)c1c(F)c(C#N)cc(C2CC2)c1CC(=O)/N=[SH](=O)\Nc1sc(C(C)(C)O)cc1F. The number of aliphatic hydroxyl groups is 1. The number of anilines is 1. The first-order valence-electron chi connectivity index (χ1n) is 10.2. The Morgan fingerprint density at radius 3 is 2.56 bits per heavy atom. The first-order valence-corrected chi connectivity index (χ1v) is 12.2. The van der Waals surface area contributed by atoms with Crippen LogP contribution in [0.1, 0.15) is 79.5 Å². The van der Waals surface area contributed by atoms with E-state index in [0.29, 0.717) is 16.0 Å². The van der Waals surface area contributed by atoms with Crippen LogP contribution in [0.5, 0.6) is 0 Å². The van der Waals surface area contributed by atoms with Crippen LogP contribution in [0.4, 0.5) is 13.8 Å². The number of thiol groups is 1. The molecule has 2 N–H and O–H groups in total. The third-order valence-corrected chi connectivity index (χ3v) is 7.49. The van der Waals surface area contributed by atoms with Gasteiger partial charge in [0.2, 0.25) is 0 Å². The first-order chi connectivity index (χ1) is 14.9. The lowest BCUT2D eigenvalue weighted by molar-refractivity contribution is -0.117. The van der Waals surface area contributed by atoms with Gasteiger partial charge >= 0.3 is 0 Å². The van der Waals surface area contributed by atoms with Crippen molar-refractivity contribution < 1.29 is 22.9 Å². The van der Waals surface area contributed by atoms with Gasteiger partial charge in [-0.25, -0.2) is 13.0 Å². The molecule has 0 aliphatic heterocycles. The highest BCUT2D eigenvalue weighted by Crippen LogP contribution is 2.44. The molecule has 6 nitrogen and oxygen atoms in total. The maximum atomic E-state index is 14.9. The summed E-state index contributed by atoms with van der Waals surface area (Å²) in [6.45, 7) is 6.55. The maximum absolute atomic E-state index is 14.9. The van der Waals surface area contributed by atoms with E-state index >= 15 is 0 Å². The van der Waals surface area contributed by atoms with Gasteiger partial charge in [0.15, 0.2) is 5.82 Å². The zero-order valence-electron chi connectivity index (χ0n) is 18.2. The summed E-state index contributed by atoms with van der Waals surface area (Å²) in [5, 5.41) is 19.2. The molecule has 1 aliphatic carbocycles. The molecule has 1 atom stereocenters. The molecule has 172 valence electrons. The highest BCUT2D eigenvalue weighted by atomic mass is 32.2. The number of hydrogen-bond acceptors (Lipinski definition) is 5. The van der Waals surface area contributed by atoms with Gasteiger partial charge in [-0.3, -0.25) is 9.52 Å². The molecule has 3 rings (SSSR count). The lowest BCUT2D eigenvalue weighted by atomic mass is 9.87. The van der Waals surface area contributed by atoms with E-state index in [1.165, 1.54) is 19.9 Å². The van der Waals surface area contributed by atoms with Gasteiger partial charge in [0.1, 0.15) is 27.7 Å². The van der Waals surface area contributed by atoms with Crippen molar-refractivity contribution in [1.82, 2.24) is 0 Å². The van der Waals surface area contributed by atoms with E-state index in [-0.39, 0.29) is 28.8 Å². The average Bonchev–Trinajstić information content (AvgIpc) is 3.44. The number of rotatable bonds is 7. The molecule has 0 bridgehead atoms. The summed E-state index contributed by atoms with van der Waals surface area (Å²) < 4.78 is 47.3. The molecule has 1 aliphatic rings. The normalized spacial score (nSPS) is 15.1. The fourth-order valence-corrected chi connectivity index (χ4v) is 5.33. The Morgan fingerprint density at radius 1 is 1.41 bits per heavy atom. The molecule has 0 spiro atoms. The van der Waals surface area contributed by atoms with Crippen LogP contribution in [0, 0.1) is 23.0 Å². The minimum atomic E-state index is -2.66. The number of nitrogens with one attached hydrogen (secondary N) is 1. The third-order valence-electron chi connectivity index (χ3n) is 5.18. The molecule has 0 saturated heterocycles. The number of thiophene rings is 1. The molecule has 32 heavy (non-hydrogen) atoms. The van der Waals surface area contributed by atoms with Crippen LogP contribution >= 0.6 is 11.3 Å². The van der Waals surface area contributed by atoms with Gasteiger partial charge < -0.3 is 5.11 Å². The molecule has 1 aromatic heterocycles. The lowest BCUT2D eigenvalue weighted by Crippen LogP contribution is -2.12. The molecule has 2 aromatic rings. The number of hydrogen-bond donors (Lipinski definition) is 3. The van der Waals surface area contributed by atoms with Crippen LogP contribution in [0.3, 0.4) is 0 Å². The molecular formula is C22H25F2N3O3S2. The summed E-state index contributed by atoms with van der Waals surface area (Å²) in [6, 6.07) is 4.51. The molecule has 1 unspecified atom stereocenters. The van der Waals surface area contributed by atoms with Crippen molar-refractivity contribution in [3.63, 3.8) is 0 Å². The van der Waals surface area contributed by atoms with Gasteiger partial charge in [0.25, 0.3) is 5.91 Å². The summed E-state index contributed by atoms with van der Waals surface area (Å²) in [7, 11) is -2.66. The van der Waals surface area contributed by atoms with Gasteiger partial charge in [0.05, 0.1) is 17.6 Å². The zero-order chi connectivity index (χ0) is 23.8. The smallest absolute Gasteiger partial charge is 0.259 e. The number of nitriles is 1. The van der Waals surface area contributed by atoms with Crippen molar-refractivity contribution >= 4 is 33.0 Å². The molecule has 1 fully saturated rings.